The maximum atomic E-state index is 10.3. The van der Waals surface area contributed by atoms with Gasteiger partial charge >= 0.3 is 5.97 Å². The molecule has 2 N–H and O–H groups in total. The van der Waals surface area contributed by atoms with Gasteiger partial charge in [0, 0.05) is 5.56 Å². The van der Waals surface area contributed by atoms with Gasteiger partial charge in [0.1, 0.15) is 11.5 Å². The van der Waals surface area contributed by atoms with E-state index in [1.165, 1.54) is 6.08 Å². The van der Waals surface area contributed by atoms with Gasteiger partial charge in [-0.15, -0.1) is 0 Å². The predicted molar refractivity (Wildman–Crippen MR) is 55.2 cm³/mol. The first-order chi connectivity index (χ1) is 7.65. The van der Waals surface area contributed by atoms with Crippen molar-refractivity contribution >= 4 is 12.0 Å². The Morgan fingerprint density at radius 3 is 3.06 bits per heavy atom. The zero-order chi connectivity index (χ0) is 11.5. The maximum absolute atomic E-state index is 10.3. The van der Waals surface area contributed by atoms with Crippen molar-refractivity contribution in [2.24, 2.45) is 0 Å². The quantitative estimate of drug-likeness (QED) is 0.793. The molecule has 0 saturated carbocycles. The molecule has 1 aromatic rings. The van der Waals surface area contributed by atoms with E-state index < -0.39 is 12.3 Å². The SMILES string of the molecule is O=C(O)COc1ccc2c(c1)C=CC(O)O2. The second-order valence-corrected chi connectivity index (χ2v) is 3.25. The van der Waals surface area contributed by atoms with Gasteiger partial charge in [0.25, 0.3) is 0 Å². The number of ether oxygens (including phenoxy) is 2. The lowest BCUT2D eigenvalue weighted by Crippen LogP contribution is -2.15. The van der Waals surface area contributed by atoms with Gasteiger partial charge in [0.05, 0.1) is 0 Å². The molecule has 5 nitrogen and oxygen atoms in total. The molecule has 2 rings (SSSR count). The van der Waals surface area contributed by atoms with Gasteiger partial charge < -0.3 is 19.7 Å². The third-order valence-electron chi connectivity index (χ3n) is 2.03. The minimum atomic E-state index is -1.03. The van der Waals surface area contributed by atoms with Gasteiger partial charge in [-0.1, -0.05) is 0 Å². The van der Waals surface area contributed by atoms with E-state index >= 15 is 0 Å². The van der Waals surface area contributed by atoms with Crippen LogP contribution >= 0.6 is 0 Å². The highest BCUT2D eigenvalue weighted by Crippen LogP contribution is 2.29. The normalized spacial score (nSPS) is 17.4. The van der Waals surface area contributed by atoms with Gasteiger partial charge in [-0.3, -0.25) is 0 Å². The smallest absolute Gasteiger partial charge is 0.341 e. The molecule has 84 valence electrons. The Hall–Kier alpha value is -2.01. The summed E-state index contributed by atoms with van der Waals surface area (Å²) < 4.78 is 10.1. The van der Waals surface area contributed by atoms with E-state index in [9.17, 15) is 9.90 Å². The van der Waals surface area contributed by atoms with Crippen molar-refractivity contribution in [3.63, 3.8) is 0 Å². The number of aliphatic hydroxyl groups excluding tert-OH is 1. The zero-order valence-corrected chi connectivity index (χ0v) is 8.29. The third-order valence-corrected chi connectivity index (χ3v) is 2.03. The van der Waals surface area contributed by atoms with Crippen molar-refractivity contribution in [3.8, 4) is 11.5 Å². The summed E-state index contributed by atoms with van der Waals surface area (Å²) in [5.74, 6) is -0.0385. The minimum Gasteiger partial charge on any atom is -0.482 e. The first-order valence-corrected chi connectivity index (χ1v) is 4.67. The van der Waals surface area contributed by atoms with Crippen LogP contribution < -0.4 is 9.47 Å². The molecule has 1 aliphatic rings. The molecule has 0 aromatic heterocycles. The fourth-order valence-electron chi connectivity index (χ4n) is 1.35. The number of hydrogen-bond donors (Lipinski definition) is 2. The molecular formula is C11H10O5. The molecule has 0 fully saturated rings. The van der Waals surface area contributed by atoms with Crippen LogP contribution in [0.5, 0.6) is 11.5 Å². The molecule has 1 atom stereocenters. The Morgan fingerprint density at radius 1 is 1.50 bits per heavy atom. The van der Waals surface area contributed by atoms with Crippen LogP contribution in [0.15, 0.2) is 24.3 Å². The first-order valence-electron chi connectivity index (χ1n) is 4.67. The van der Waals surface area contributed by atoms with E-state index in [4.69, 9.17) is 14.6 Å². The van der Waals surface area contributed by atoms with Crippen LogP contribution in [0.3, 0.4) is 0 Å². The summed E-state index contributed by atoms with van der Waals surface area (Å²) in [6.07, 6.45) is 2.25. The lowest BCUT2D eigenvalue weighted by atomic mass is 10.1. The molecule has 0 radical (unpaired) electrons. The van der Waals surface area contributed by atoms with Crippen LogP contribution in [0.4, 0.5) is 0 Å². The molecule has 0 amide bonds. The van der Waals surface area contributed by atoms with E-state index in [0.29, 0.717) is 11.5 Å². The minimum absolute atomic E-state index is 0.383. The maximum Gasteiger partial charge on any atom is 0.341 e. The summed E-state index contributed by atoms with van der Waals surface area (Å²) >= 11 is 0. The van der Waals surface area contributed by atoms with Crippen LogP contribution in [0.1, 0.15) is 5.56 Å². The zero-order valence-electron chi connectivity index (χ0n) is 8.29. The monoisotopic (exact) mass is 222 g/mol. The van der Waals surface area contributed by atoms with Gasteiger partial charge in [-0.2, -0.15) is 0 Å². The molecule has 0 aliphatic carbocycles. The first kappa shape index (κ1) is 10.5. The molecule has 0 saturated heterocycles. The fraction of sp³-hybridized carbons (Fsp3) is 0.182. The van der Waals surface area contributed by atoms with Crippen molar-refractivity contribution < 1.29 is 24.5 Å². The summed E-state index contributed by atoms with van der Waals surface area (Å²) in [6, 6.07) is 4.87. The van der Waals surface area contributed by atoms with E-state index in [1.807, 2.05) is 0 Å². The Bertz CT molecular complexity index is 438. The Morgan fingerprint density at radius 2 is 2.31 bits per heavy atom. The number of fused-ring (bicyclic) bond motifs is 1. The number of aliphatic carboxylic acids is 1. The molecule has 5 heteroatoms. The molecule has 1 unspecified atom stereocenters. The van der Waals surface area contributed by atoms with E-state index in [0.717, 1.165) is 5.56 Å². The average Bonchev–Trinajstić information content (AvgIpc) is 2.26. The van der Waals surface area contributed by atoms with Crippen molar-refractivity contribution in [1.29, 1.82) is 0 Å². The Balaban J connectivity index is 2.15. The predicted octanol–water partition coefficient (Wildman–Crippen LogP) is 0.874. The molecule has 0 spiro atoms. The number of benzene rings is 1. The van der Waals surface area contributed by atoms with E-state index in [-0.39, 0.29) is 6.61 Å². The number of hydrogen-bond acceptors (Lipinski definition) is 4. The van der Waals surface area contributed by atoms with E-state index in [1.54, 1.807) is 24.3 Å². The molecule has 1 aliphatic heterocycles. The van der Waals surface area contributed by atoms with Crippen LogP contribution in [0.25, 0.3) is 6.08 Å². The number of carboxylic acids is 1. The summed E-state index contributed by atoms with van der Waals surface area (Å²) in [6.45, 7) is -0.383. The van der Waals surface area contributed by atoms with E-state index in [2.05, 4.69) is 0 Å². The molecule has 1 aromatic carbocycles. The lowest BCUT2D eigenvalue weighted by Gasteiger charge is -2.17. The average molecular weight is 222 g/mol. The summed E-state index contributed by atoms with van der Waals surface area (Å²) in [4.78, 5) is 10.3. The highest BCUT2D eigenvalue weighted by molar-refractivity contribution is 5.68. The number of aliphatic hydroxyl groups is 1. The molecule has 1 heterocycles. The largest absolute Gasteiger partial charge is 0.482 e. The van der Waals surface area contributed by atoms with Gasteiger partial charge in [0.2, 0.25) is 6.29 Å². The summed E-state index contributed by atoms with van der Waals surface area (Å²) in [7, 11) is 0. The van der Waals surface area contributed by atoms with Crippen molar-refractivity contribution in [3.05, 3.63) is 29.8 Å². The second kappa shape index (κ2) is 4.24. The molecule has 0 bridgehead atoms. The van der Waals surface area contributed by atoms with Crippen LogP contribution in [-0.4, -0.2) is 29.1 Å². The highest BCUT2D eigenvalue weighted by Gasteiger charge is 2.12. The van der Waals surface area contributed by atoms with Crippen LogP contribution in [-0.2, 0) is 4.79 Å². The van der Waals surface area contributed by atoms with Crippen molar-refractivity contribution in [1.82, 2.24) is 0 Å². The van der Waals surface area contributed by atoms with Crippen LogP contribution in [0, 0.1) is 0 Å². The second-order valence-electron chi connectivity index (χ2n) is 3.25. The Kier molecular flexibility index (Phi) is 2.78. The summed E-state index contributed by atoms with van der Waals surface area (Å²) in [5, 5.41) is 17.6. The highest BCUT2D eigenvalue weighted by atomic mass is 16.6. The number of carbonyl (C=O) groups is 1. The van der Waals surface area contributed by atoms with Crippen molar-refractivity contribution in [2.75, 3.05) is 6.61 Å². The van der Waals surface area contributed by atoms with Crippen molar-refractivity contribution in [2.45, 2.75) is 6.29 Å². The molecule has 16 heavy (non-hydrogen) atoms. The third kappa shape index (κ3) is 2.32. The van der Waals surface area contributed by atoms with Gasteiger partial charge in [-0.25, -0.2) is 4.79 Å². The topological polar surface area (TPSA) is 76.0 Å². The summed E-state index contributed by atoms with van der Waals surface area (Å²) in [5.41, 5.74) is 0.744. The molecular weight excluding hydrogens is 212 g/mol. The number of rotatable bonds is 3. The lowest BCUT2D eigenvalue weighted by molar-refractivity contribution is -0.139. The Labute approximate surface area is 91.5 Å². The fourth-order valence-corrected chi connectivity index (χ4v) is 1.35. The van der Waals surface area contributed by atoms with Gasteiger partial charge in [-0.05, 0) is 30.4 Å². The standard InChI is InChI=1S/C11H10O5/c12-10(13)6-15-8-2-3-9-7(5-8)1-4-11(14)16-9/h1-5,11,14H,6H2,(H,12,13). The van der Waals surface area contributed by atoms with Crippen LogP contribution in [0.2, 0.25) is 0 Å². The van der Waals surface area contributed by atoms with Gasteiger partial charge in [0.15, 0.2) is 6.61 Å². The number of carboxylic acid groups (broad SMARTS) is 1.